The van der Waals surface area contributed by atoms with Crippen molar-refractivity contribution in [1.82, 2.24) is 9.97 Å². The summed E-state index contributed by atoms with van der Waals surface area (Å²) in [7, 11) is 1.62. The first kappa shape index (κ1) is 14.4. The third kappa shape index (κ3) is 3.96. The number of aryl methyl sites for hydroxylation is 1. The third-order valence-corrected chi connectivity index (χ3v) is 4.23. The smallest absolute Gasteiger partial charge is 0.218 e. The molecule has 1 aliphatic carbocycles. The van der Waals surface area contributed by atoms with Gasteiger partial charge in [-0.05, 0) is 31.6 Å². The van der Waals surface area contributed by atoms with Crippen LogP contribution in [0.4, 0.5) is 5.82 Å². The van der Waals surface area contributed by atoms with Crippen molar-refractivity contribution in [3.8, 4) is 5.88 Å². The highest BCUT2D eigenvalue weighted by atomic mass is 35.5. The Kier molecular flexibility index (Phi) is 5.25. The molecule has 0 aromatic carbocycles. The number of methoxy groups -OCH3 is 1. The number of alkyl halides is 1. The molecule has 0 aliphatic heterocycles. The van der Waals surface area contributed by atoms with Crippen LogP contribution in [0.25, 0.3) is 0 Å². The van der Waals surface area contributed by atoms with E-state index >= 15 is 0 Å². The molecule has 106 valence electrons. The minimum Gasteiger partial charge on any atom is -0.481 e. The Labute approximate surface area is 119 Å². The molecule has 2 atom stereocenters. The summed E-state index contributed by atoms with van der Waals surface area (Å²) in [6, 6.07) is 1.84. The van der Waals surface area contributed by atoms with E-state index in [0.717, 1.165) is 24.1 Å². The van der Waals surface area contributed by atoms with E-state index in [-0.39, 0.29) is 0 Å². The third-order valence-electron chi connectivity index (χ3n) is 3.83. The maximum atomic E-state index is 6.06. The first-order chi connectivity index (χ1) is 9.22. The molecular formula is C14H22ClN3O. The lowest BCUT2D eigenvalue weighted by Gasteiger charge is -2.30. The predicted octanol–water partition coefficient (Wildman–Crippen LogP) is 3.25. The normalized spacial score (nSPS) is 23.1. The van der Waals surface area contributed by atoms with Gasteiger partial charge in [0.1, 0.15) is 11.6 Å². The Hall–Kier alpha value is -1.03. The van der Waals surface area contributed by atoms with Crippen LogP contribution < -0.4 is 10.1 Å². The molecule has 0 bridgehead atoms. The molecule has 0 radical (unpaired) electrons. The maximum Gasteiger partial charge on any atom is 0.218 e. The van der Waals surface area contributed by atoms with Gasteiger partial charge in [-0.15, -0.1) is 11.6 Å². The lowest BCUT2D eigenvalue weighted by Crippen LogP contribution is -2.27. The number of nitrogens with zero attached hydrogens (tertiary/aromatic N) is 2. The number of hydrogen-bond donors (Lipinski definition) is 1. The van der Waals surface area contributed by atoms with Crippen molar-refractivity contribution in [2.75, 3.05) is 24.9 Å². The van der Waals surface area contributed by atoms with Crippen molar-refractivity contribution in [3.63, 3.8) is 0 Å². The molecule has 0 saturated heterocycles. The molecule has 1 aromatic rings. The first-order valence-corrected chi connectivity index (χ1v) is 7.46. The Morgan fingerprint density at radius 1 is 1.32 bits per heavy atom. The molecule has 1 saturated carbocycles. The summed E-state index contributed by atoms with van der Waals surface area (Å²) >= 11 is 6.06. The van der Waals surface area contributed by atoms with Gasteiger partial charge in [0.15, 0.2) is 0 Å². The summed E-state index contributed by atoms with van der Waals surface area (Å²) in [5.41, 5.74) is 0. The average molecular weight is 284 g/mol. The van der Waals surface area contributed by atoms with Gasteiger partial charge in [0, 0.05) is 18.5 Å². The molecule has 4 nitrogen and oxygen atoms in total. The fraction of sp³-hybridized carbons (Fsp3) is 0.714. The minimum atomic E-state index is 0.604. The van der Waals surface area contributed by atoms with Crippen molar-refractivity contribution < 1.29 is 4.74 Å². The van der Waals surface area contributed by atoms with E-state index in [1.54, 1.807) is 7.11 Å². The second-order valence-corrected chi connectivity index (χ2v) is 5.49. The van der Waals surface area contributed by atoms with Crippen LogP contribution in [-0.4, -0.2) is 29.5 Å². The lowest BCUT2D eigenvalue weighted by atomic mass is 9.80. The highest BCUT2D eigenvalue weighted by molar-refractivity contribution is 6.18. The van der Waals surface area contributed by atoms with Gasteiger partial charge in [-0.1, -0.05) is 12.8 Å². The second kappa shape index (κ2) is 6.94. The van der Waals surface area contributed by atoms with E-state index in [4.69, 9.17) is 16.3 Å². The molecule has 1 N–H and O–H groups in total. The summed E-state index contributed by atoms with van der Waals surface area (Å²) in [5, 5.41) is 3.40. The summed E-state index contributed by atoms with van der Waals surface area (Å²) in [6.45, 7) is 2.80. The Balaban J connectivity index is 1.95. The van der Waals surface area contributed by atoms with E-state index in [1.807, 2.05) is 13.0 Å². The monoisotopic (exact) mass is 283 g/mol. The van der Waals surface area contributed by atoms with E-state index in [9.17, 15) is 0 Å². The highest BCUT2D eigenvalue weighted by Crippen LogP contribution is 2.31. The Morgan fingerprint density at radius 2 is 2.05 bits per heavy atom. The molecule has 19 heavy (non-hydrogen) atoms. The van der Waals surface area contributed by atoms with Crippen LogP contribution in [0.5, 0.6) is 5.88 Å². The summed E-state index contributed by atoms with van der Waals surface area (Å²) < 4.78 is 5.16. The number of anilines is 1. The number of halogens is 1. The summed E-state index contributed by atoms with van der Waals surface area (Å²) in [5.74, 6) is 4.20. The van der Waals surface area contributed by atoms with Gasteiger partial charge in [-0.25, -0.2) is 4.98 Å². The maximum absolute atomic E-state index is 6.06. The second-order valence-electron chi connectivity index (χ2n) is 5.18. The van der Waals surface area contributed by atoms with Crippen molar-refractivity contribution in [3.05, 3.63) is 11.9 Å². The number of ether oxygens (including phenoxy) is 1. The van der Waals surface area contributed by atoms with Crippen LogP contribution in [0.15, 0.2) is 6.07 Å². The van der Waals surface area contributed by atoms with Gasteiger partial charge in [0.25, 0.3) is 0 Å². The highest BCUT2D eigenvalue weighted by Gasteiger charge is 2.24. The van der Waals surface area contributed by atoms with Crippen LogP contribution in [0.1, 0.15) is 31.5 Å². The predicted molar refractivity (Wildman–Crippen MR) is 78.0 cm³/mol. The zero-order valence-corrected chi connectivity index (χ0v) is 12.4. The molecule has 0 spiro atoms. The SMILES string of the molecule is COc1cc(NCC2CCCCC2CCl)nc(C)n1. The first-order valence-electron chi connectivity index (χ1n) is 6.92. The van der Waals surface area contributed by atoms with Gasteiger partial charge in [-0.3, -0.25) is 0 Å². The zero-order valence-electron chi connectivity index (χ0n) is 11.7. The van der Waals surface area contributed by atoms with Crippen LogP contribution in [0.2, 0.25) is 0 Å². The quantitative estimate of drug-likeness (QED) is 0.843. The van der Waals surface area contributed by atoms with Crippen molar-refractivity contribution >= 4 is 17.4 Å². The average Bonchev–Trinajstić information content (AvgIpc) is 2.44. The zero-order chi connectivity index (χ0) is 13.7. The Morgan fingerprint density at radius 3 is 2.74 bits per heavy atom. The van der Waals surface area contributed by atoms with Crippen molar-refractivity contribution in [1.29, 1.82) is 0 Å². The molecule has 2 unspecified atom stereocenters. The number of aromatic nitrogens is 2. The number of hydrogen-bond acceptors (Lipinski definition) is 4. The van der Waals surface area contributed by atoms with Gasteiger partial charge < -0.3 is 10.1 Å². The van der Waals surface area contributed by atoms with Gasteiger partial charge in [0.2, 0.25) is 5.88 Å². The molecule has 2 rings (SSSR count). The molecule has 5 heteroatoms. The molecule has 1 aromatic heterocycles. The summed E-state index contributed by atoms with van der Waals surface area (Å²) in [4.78, 5) is 8.57. The topological polar surface area (TPSA) is 47.0 Å². The van der Waals surface area contributed by atoms with E-state index in [2.05, 4.69) is 15.3 Å². The van der Waals surface area contributed by atoms with Crippen LogP contribution in [0, 0.1) is 18.8 Å². The van der Waals surface area contributed by atoms with Crippen molar-refractivity contribution in [2.24, 2.45) is 11.8 Å². The molecule has 1 aliphatic rings. The van der Waals surface area contributed by atoms with Crippen LogP contribution in [-0.2, 0) is 0 Å². The van der Waals surface area contributed by atoms with E-state index in [0.29, 0.717) is 17.7 Å². The van der Waals surface area contributed by atoms with E-state index < -0.39 is 0 Å². The largest absolute Gasteiger partial charge is 0.481 e. The standard InChI is InChI=1S/C14H22ClN3O/c1-10-17-13(7-14(18-10)19-2)16-9-12-6-4-3-5-11(12)8-15/h7,11-12H,3-6,8-9H2,1-2H3,(H,16,17,18). The molecule has 1 heterocycles. The molecular weight excluding hydrogens is 262 g/mol. The van der Waals surface area contributed by atoms with Crippen molar-refractivity contribution in [2.45, 2.75) is 32.6 Å². The van der Waals surface area contributed by atoms with Gasteiger partial charge in [-0.2, -0.15) is 4.98 Å². The fourth-order valence-corrected chi connectivity index (χ4v) is 3.13. The van der Waals surface area contributed by atoms with Crippen LogP contribution in [0.3, 0.4) is 0 Å². The van der Waals surface area contributed by atoms with Gasteiger partial charge in [0.05, 0.1) is 7.11 Å². The lowest BCUT2D eigenvalue weighted by molar-refractivity contribution is 0.272. The van der Waals surface area contributed by atoms with E-state index in [1.165, 1.54) is 25.7 Å². The summed E-state index contributed by atoms with van der Waals surface area (Å²) in [6.07, 6.45) is 5.13. The Bertz CT molecular complexity index is 414. The van der Waals surface area contributed by atoms with Crippen LogP contribution >= 0.6 is 11.6 Å². The minimum absolute atomic E-state index is 0.604. The number of nitrogens with one attached hydrogen (secondary N) is 1. The van der Waals surface area contributed by atoms with Gasteiger partial charge >= 0.3 is 0 Å². The fourth-order valence-electron chi connectivity index (χ4n) is 2.73. The molecule has 1 fully saturated rings. The molecule has 0 amide bonds. The number of rotatable bonds is 5.